The van der Waals surface area contributed by atoms with Crippen molar-refractivity contribution in [1.82, 2.24) is 39.0 Å². The molecule has 15 nitrogen and oxygen atoms in total. The van der Waals surface area contributed by atoms with Gasteiger partial charge in [-0.05, 0) is 56.7 Å². The van der Waals surface area contributed by atoms with E-state index in [9.17, 15) is 19.5 Å². The first-order valence-electron chi connectivity index (χ1n) is 16.4. The highest BCUT2D eigenvalue weighted by molar-refractivity contribution is 6.32. The molecular weight excluding hydrogens is 654 g/mol. The zero-order valence-corrected chi connectivity index (χ0v) is 27.6. The van der Waals surface area contributed by atoms with E-state index in [4.69, 9.17) is 26.1 Å². The Labute approximate surface area is 284 Å². The fourth-order valence-corrected chi connectivity index (χ4v) is 7.19. The van der Waals surface area contributed by atoms with Crippen molar-refractivity contribution in [3.63, 3.8) is 0 Å². The number of hydrogen-bond acceptors (Lipinski definition) is 11. The monoisotopic (exact) mass is 687 g/mol. The fourth-order valence-electron chi connectivity index (χ4n) is 6.99. The normalized spacial score (nSPS) is 18.7. The first-order valence-corrected chi connectivity index (χ1v) is 16.8. The Morgan fingerprint density at radius 1 is 1.12 bits per heavy atom. The van der Waals surface area contributed by atoms with E-state index in [0.717, 1.165) is 24.1 Å². The molecular formula is C33H34ClN9O6. The summed E-state index contributed by atoms with van der Waals surface area (Å²) in [5, 5.41) is 18.2. The van der Waals surface area contributed by atoms with Gasteiger partial charge in [0.15, 0.2) is 22.4 Å². The zero-order valence-electron chi connectivity index (χ0n) is 26.8. The van der Waals surface area contributed by atoms with Gasteiger partial charge in [-0.15, -0.1) is 5.10 Å². The molecule has 4 aromatic heterocycles. The number of carbonyl (C=O) groups excluding carboxylic acids is 2. The number of hydrogen-bond donors (Lipinski definition) is 2. The van der Waals surface area contributed by atoms with E-state index >= 15 is 0 Å². The number of ether oxygens (including phenoxy) is 2. The van der Waals surface area contributed by atoms with E-state index in [0.29, 0.717) is 79.9 Å². The minimum absolute atomic E-state index is 0.0708. The molecule has 2 amide bonds. The molecule has 4 aromatic rings. The highest BCUT2D eigenvalue weighted by Crippen LogP contribution is 2.42. The maximum absolute atomic E-state index is 14.4. The maximum Gasteiger partial charge on any atom is 0.282 e. The molecule has 0 unspecified atom stereocenters. The number of aromatic nitrogens is 7. The predicted molar refractivity (Wildman–Crippen MR) is 175 cm³/mol. The van der Waals surface area contributed by atoms with Gasteiger partial charge < -0.3 is 29.4 Å². The highest BCUT2D eigenvalue weighted by Gasteiger charge is 2.46. The molecule has 0 aromatic carbocycles. The number of likely N-dealkylation sites (tertiary alicyclic amines) is 1. The Morgan fingerprint density at radius 3 is 2.67 bits per heavy atom. The van der Waals surface area contributed by atoms with Crippen LogP contribution in [0.15, 0.2) is 29.3 Å². The van der Waals surface area contributed by atoms with Gasteiger partial charge >= 0.3 is 0 Å². The molecule has 1 aliphatic carbocycles. The van der Waals surface area contributed by atoms with E-state index in [1.165, 1.54) is 10.8 Å². The molecule has 1 spiro atoms. The number of fused-ring (bicyclic) bond motifs is 3. The zero-order chi connectivity index (χ0) is 33.9. The van der Waals surface area contributed by atoms with E-state index in [2.05, 4.69) is 25.4 Å². The molecule has 0 atom stereocenters. The van der Waals surface area contributed by atoms with E-state index in [1.54, 1.807) is 22.5 Å². The van der Waals surface area contributed by atoms with Gasteiger partial charge in [-0.3, -0.25) is 14.4 Å². The number of pyridine rings is 1. The molecule has 2 fully saturated rings. The van der Waals surface area contributed by atoms with Crippen LogP contribution in [-0.2, 0) is 32.8 Å². The van der Waals surface area contributed by atoms with Gasteiger partial charge in [0.2, 0.25) is 11.7 Å². The number of amides is 2. The second-order valence-corrected chi connectivity index (χ2v) is 13.2. The topological polar surface area (TPSA) is 179 Å². The number of rotatable bonds is 6. The van der Waals surface area contributed by atoms with Gasteiger partial charge in [-0.1, -0.05) is 17.7 Å². The molecule has 0 radical (unpaired) electrons. The minimum Gasteiger partial charge on any atom is -0.504 e. The minimum atomic E-state index is -1.03. The first-order chi connectivity index (χ1) is 23.7. The summed E-state index contributed by atoms with van der Waals surface area (Å²) < 4.78 is 14.9. The summed E-state index contributed by atoms with van der Waals surface area (Å²) in [4.78, 5) is 60.2. The highest BCUT2D eigenvalue weighted by atomic mass is 35.5. The lowest BCUT2D eigenvalue weighted by atomic mass is 9.81. The second-order valence-electron chi connectivity index (χ2n) is 12.9. The number of nitrogens with zero attached hydrogens (tertiary/aromatic N) is 8. The van der Waals surface area contributed by atoms with Crippen molar-refractivity contribution in [1.29, 1.82) is 0 Å². The molecule has 16 heteroatoms. The lowest BCUT2D eigenvalue weighted by Gasteiger charge is -2.44. The molecule has 7 heterocycles. The Balaban J connectivity index is 1.15. The van der Waals surface area contributed by atoms with Crippen molar-refractivity contribution >= 4 is 40.5 Å². The molecule has 49 heavy (non-hydrogen) atoms. The summed E-state index contributed by atoms with van der Waals surface area (Å²) in [5.41, 5.74) is 2.04. The molecule has 2 N–H and O–H groups in total. The van der Waals surface area contributed by atoms with Gasteiger partial charge in [0.05, 0.1) is 36.8 Å². The van der Waals surface area contributed by atoms with Crippen molar-refractivity contribution in [2.45, 2.75) is 63.5 Å². The average molecular weight is 688 g/mol. The Morgan fingerprint density at radius 2 is 1.94 bits per heavy atom. The van der Waals surface area contributed by atoms with Gasteiger partial charge in [-0.25, -0.2) is 15.0 Å². The van der Waals surface area contributed by atoms with Crippen LogP contribution in [0.4, 0.5) is 5.69 Å². The van der Waals surface area contributed by atoms with Crippen LogP contribution in [0.1, 0.15) is 77.0 Å². The smallest absolute Gasteiger partial charge is 0.282 e. The standard InChI is InChI=1S/C33H34ClN9O6/c1-18-27(45)26(36-17-35-18)31(47)41-11-9-33(10-12-41)25-23(8-15-49-33)42(16-24(44)37-22-5-4-21(19-2-3-19)38-28(22)34)32-39-29(40-43(32)30(25)46)20-6-13-48-14-7-20/h4-6,17,19,45H,2-3,7-16H2,1H3,(H,37,44). The molecule has 1 saturated heterocycles. The van der Waals surface area contributed by atoms with Crippen LogP contribution < -0.4 is 10.9 Å². The Hall–Kier alpha value is -4.73. The van der Waals surface area contributed by atoms with Gasteiger partial charge in [0.1, 0.15) is 18.5 Å². The number of piperidine rings is 1. The third-order valence-electron chi connectivity index (χ3n) is 9.78. The van der Waals surface area contributed by atoms with E-state index in [-0.39, 0.29) is 53.5 Å². The molecule has 0 bridgehead atoms. The van der Waals surface area contributed by atoms with Crippen LogP contribution in [0.25, 0.3) is 11.4 Å². The number of carbonyl (C=O) groups is 2. The van der Waals surface area contributed by atoms with Gasteiger partial charge in [0, 0.05) is 36.8 Å². The average Bonchev–Trinajstić information content (AvgIpc) is 3.86. The molecule has 254 valence electrons. The van der Waals surface area contributed by atoms with Crippen molar-refractivity contribution in [2.75, 3.05) is 38.2 Å². The van der Waals surface area contributed by atoms with Crippen LogP contribution >= 0.6 is 11.6 Å². The fraction of sp³-hybridized carbons (Fsp3) is 0.455. The van der Waals surface area contributed by atoms with Gasteiger partial charge in [-0.2, -0.15) is 9.50 Å². The van der Waals surface area contributed by atoms with Crippen molar-refractivity contribution in [3.05, 3.63) is 74.2 Å². The third-order valence-corrected chi connectivity index (χ3v) is 10.1. The van der Waals surface area contributed by atoms with Crippen LogP contribution in [0.3, 0.4) is 0 Å². The number of aromatic hydroxyl groups is 1. The summed E-state index contributed by atoms with van der Waals surface area (Å²) in [6.07, 6.45) is 6.87. The number of halogens is 1. The van der Waals surface area contributed by atoms with Crippen molar-refractivity contribution < 1.29 is 24.2 Å². The maximum atomic E-state index is 14.4. The van der Waals surface area contributed by atoms with E-state index in [1.807, 2.05) is 12.1 Å². The summed E-state index contributed by atoms with van der Waals surface area (Å²) in [5.74, 6) is 0.00491. The predicted octanol–water partition coefficient (Wildman–Crippen LogP) is 2.77. The lowest BCUT2D eigenvalue weighted by Crippen LogP contribution is -2.52. The van der Waals surface area contributed by atoms with Crippen LogP contribution in [-0.4, -0.2) is 88.8 Å². The third kappa shape index (κ3) is 5.64. The second kappa shape index (κ2) is 12.3. The number of aryl methyl sites for hydroxylation is 1. The molecule has 8 rings (SSSR count). The quantitative estimate of drug-likeness (QED) is 0.285. The summed E-state index contributed by atoms with van der Waals surface area (Å²) in [7, 11) is 0. The van der Waals surface area contributed by atoms with Crippen LogP contribution in [0, 0.1) is 6.92 Å². The van der Waals surface area contributed by atoms with Gasteiger partial charge in [0.25, 0.3) is 11.5 Å². The van der Waals surface area contributed by atoms with Crippen molar-refractivity contribution in [2.24, 2.45) is 0 Å². The van der Waals surface area contributed by atoms with Crippen molar-refractivity contribution in [3.8, 4) is 5.75 Å². The first kappa shape index (κ1) is 31.5. The summed E-state index contributed by atoms with van der Waals surface area (Å²) in [6, 6.07) is 3.65. The SMILES string of the molecule is Cc1ncnc(C(=O)N2CCC3(CC2)OCCc2c3c(=O)n3nc(C4=CCOCC4)nc3n2CC(=O)Nc2ccc(C3CC3)nc2Cl)c1O. The van der Waals surface area contributed by atoms with Crippen LogP contribution in [0.5, 0.6) is 5.75 Å². The Kier molecular flexibility index (Phi) is 7.92. The summed E-state index contributed by atoms with van der Waals surface area (Å²) >= 11 is 6.47. The lowest BCUT2D eigenvalue weighted by molar-refractivity contribution is -0.117. The van der Waals surface area contributed by atoms with Crippen LogP contribution in [0.2, 0.25) is 5.15 Å². The number of nitrogens with one attached hydrogen (secondary N) is 1. The number of anilines is 1. The largest absolute Gasteiger partial charge is 0.504 e. The van der Waals surface area contributed by atoms with E-state index < -0.39 is 11.5 Å². The molecule has 4 aliphatic rings. The molecule has 3 aliphatic heterocycles. The summed E-state index contributed by atoms with van der Waals surface area (Å²) in [6.45, 7) is 3.15. The Bertz CT molecular complexity index is 2100. The molecule has 1 saturated carbocycles.